The third-order valence-corrected chi connectivity index (χ3v) is 5.90. The minimum absolute atomic E-state index is 0.195. The van der Waals surface area contributed by atoms with Gasteiger partial charge in [-0.2, -0.15) is 0 Å². The molecule has 0 bridgehead atoms. The van der Waals surface area contributed by atoms with Gasteiger partial charge < -0.3 is 28.8 Å². The minimum Gasteiger partial charge on any atom is -0.483 e. The molecule has 0 aromatic heterocycles. The van der Waals surface area contributed by atoms with Crippen molar-refractivity contribution in [2.24, 2.45) is 0 Å². The molecular weight excluding hydrogens is 464 g/mol. The van der Waals surface area contributed by atoms with Crippen LogP contribution in [0.4, 0.5) is 0 Å². The van der Waals surface area contributed by atoms with Crippen molar-refractivity contribution in [1.29, 1.82) is 0 Å². The molecule has 8 nitrogen and oxygen atoms in total. The van der Waals surface area contributed by atoms with E-state index < -0.39 is 30.6 Å². The van der Waals surface area contributed by atoms with Crippen molar-refractivity contribution in [1.82, 2.24) is 0 Å². The Labute approximate surface area is 211 Å². The van der Waals surface area contributed by atoms with E-state index in [1.807, 2.05) is 48.5 Å². The van der Waals surface area contributed by atoms with Gasteiger partial charge in [-0.3, -0.25) is 0 Å². The van der Waals surface area contributed by atoms with Gasteiger partial charge in [0, 0.05) is 12.8 Å². The molecule has 3 rings (SSSR count). The number of rotatable bonds is 12. The van der Waals surface area contributed by atoms with Crippen molar-refractivity contribution < 1.29 is 38.4 Å². The summed E-state index contributed by atoms with van der Waals surface area (Å²) in [5, 5.41) is 10.3. The Morgan fingerprint density at radius 3 is 2.22 bits per heavy atom. The maximum atomic E-state index is 12.3. The van der Waals surface area contributed by atoms with Gasteiger partial charge >= 0.3 is 11.9 Å². The lowest BCUT2D eigenvalue weighted by Gasteiger charge is -2.35. The molecule has 2 aromatic rings. The third-order valence-electron chi connectivity index (χ3n) is 5.90. The normalized spacial score (nSPS) is 20.9. The van der Waals surface area contributed by atoms with E-state index in [0.29, 0.717) is 19.3 Å². The van der Waals surface area contributed by atoms with Crippen LogP contribution in [0.5, 0.6) is 0 Å². The molecule has 0 radical (unpaired) electrons. The van der Waals surface area contributed by atoms with Crippen LogP contribution in [0.15, 0.2) is 72.5 Å². The lowest BCUT2D eigenvalue weighted by Crippen LogP contribution is -2.40. The Bertz CT molecular complexity index is 976. The third kappa shape index (κ3) is 9.11. The molecule has 1 saturated heterocycles. The van der Waals surface area contributed by atoms with E-state index in [4.69, 9.17) is 18.9 Å². The second-order valence-electron chi connectivity index (χ2n) is 8.56. The fourth-order valence-electron chi connectivity index (χ4n) is 4.03. The maximum absolute atomic E-state index is 12.3. The molecular formula is C28H34O8. The number of carbonyl (C=O) groups excluding carboxylic acids is 2. The highest BCUT2D eigenvalue weighted by atomic mass is 16.7. The predicted octanol–water partition coefficient (Wildman–Crippen LogP) is 3.71. The van der Waals surface area contributed by atoms with Crippen molar-refractivity contribution in [2.75, 3.05) is 14.2 Å². The van der Waals surface area contributed by atoms with E-state index in [2.05, 4.69) is 16.9 Å². The highest BCUT2D eigenvalue weighted by molar-refractivity contribution is 5.94. The van der Waals surface area contributed by atoms with Gasteiger partial charge in [-0.05, 0) is 36.8 Å². The van der Waals surface area contributed by atoms with Crippen molar-refractivity contribution in [2.45, 2.75) is 63.3 Å². The summed E-state index contributed by atoms with van der Waals surface area (Å²) in [4.78, 5) is 24.1. The molecule has 2 aromatic carbocycles. The molecule has 0 spiro atoms. The van der Waals surface area contributed by atoms with Gasteiger partial charge in [-0.1, -0.05) is 60.7 Å². The molecule has 0 aliphatic carbocycles. The van der Waals surface area contributed by atoms with E-state index in [1.165, 1.54) is 19.8 Å². The number of hydrogen-bond acceptors (Lipinski definition) is 8. The van der Waals surface area contributed by atoms with E-state index in [9.17, 15) is 14.7 Å². The van der Waals surface area contributed by atoms with Crippen molar-refractivity contribution in [3.8, 4) is 0 Å². The van der Waals surface area contributed by atoms with Gasteiger partial charge in [0.15, 0.2) is 12.6 Å². The largest absolute Gasteiger partial charge is 0.483 e. The second-order valence-corrected chi connectivity index (χ2v) is 8.56. The quantitative estimate of drug-likeness (QED) is 0.269. The Morgan fingerprint density at radius 1 is 0.972 bits per heavy atom. The highest BCUT2D eigenvalue weighted by Crippen LogP contribution is 2.26. The van der Waals surface area contributed by atoms with Gasteiger partial charge in [0.2, 0.25) is 5.76 Å². The molecule has 0 saturated carbocycles. The van der Waals surface area contributed by atoms with Crippen LogP contribution in [0.3, 0.4) is 0 Å². The second kappa shape index (κ2) is 14.4. The van der Waals surface area contributed by atoms with Crippen LogP contribution in [0.2, 0.25) is 0 Å². The maximum Gasteiger partial charge on any atom is 0.373 e. The van der Waals surface area contributed by atoms with Gasteiger partial charge in [-0.15, -0.1) is 0 Å². The first-order valence-corrected chi connectivity index (χ1v) is 12.1. The molecule has 1 aliphatic rings. The summed E-state index contributed by atoms with van der Waals surface area (Å²) in [7, 11) is 2.41. The summed E-state index contributed by atoms with van der Waals surface area (Å²) in [6.45, 7) is 0. The number of esters is 2. The Hall–Kier alpha value is -3.20. The fourth-order valence-corrected chi connectivity index (χ4v) is 4.03. The Kier molecular flexibility index (Phi) is 10.9. The molecule has 8 heteroatoms. The van der Waals surface area contributed by atoms with Crippen LogP contribution < -0.4 is 0 Å². The lowest BCUT2D eigenvalue weighted by atomic mass is 10.0. The number of aliphatic hydroxyl groups is 1. The van der Waals surface area contributed by atoms with Crippen molar-refractivity contribution in [3.63, 3.8) is 0 Å². The number of hydrogen-bond donors (Lipinski definition) is 1. The standard InChI is InChI=1S/C28H34O8/c1-32-25(29)19-24(28(31)33-2)34-23(16-14-21-11-7-4-8-12-21)18-27-35-22(17-26(30)36-27)15-13-20-9-5-3-6-10-20/h3-12,19,22-23,26-27,30H,13-18H2,1-2H3/b24-19+. The van der Waals surface area contributed by atoms with Crippen molar-refractivity contribution >= 4 is 11.9 Å². The van der Waals surface area contributed by atoms with Crippen LogP contribution >= 0.6 is 0 Å². The highest BCUT2D eigenvalue weighted by Gasteiger charge is 2.32. The summed E-state index contributed by atoms with van der Waals surface area (Å²) >= 11 is 0. The molecule has 194 valence electrons. The number of methoxy groups -OCH3 is 2. The number of aliphatic hydroxyl groups excluding tert-OH is 1. The number of carbonyl (C=O) groups is 2. The first-order chi connectivity index (χ1) is 17.5. The Morgan fingerprint density at radius 2 is 1.61 bits per heavy atom. The zero-order valence-electron chi connectivity index (χ0n) is 20.7. The van der Waals surface area contributed by atoms with Crippen molar-refractivity contribution in [3.05, 3.63) is 83.6 Å². The van der Waals surface area contributed by atoms with E-state index in [-0.39, 0.29) is 18.3 Å². The van der Waals surface area contributed by atoms with Gasteiger partial charge in [0.1, 0.15) is 6.10 Å². The average Bonchev–Trinajstić information content (AvgIpc) is 2.90. The van der Waals surface area contributed by atoms with Crippen LogP contribution in [-0.4, -0.2) is 56.1 Å². The van der Waals surface area contributed by atoms with Gasteiger partial charge in [0.05, 0.1) is 26.4 Å². The van der Waals surface area contributed by atoms with Crippen LogP contribution in [0.1, 0.15) is 36.8 Å². The zero-order valence-corrected chi connectivity index (χ0v) is 20.7. The molecule has 1 aliphatic heterocycles. The molecule has 1 heterocycles. The van der Waals surface area contributed by atoms with Gasteiger partial charge in [0.25, 0.3) is 0 Å². The molecule has 36 heavy (non-hydrogen) atoms. The summed E-state index contributed by atoms with van der Waals surface area (Å²) in [6, 6.07) is 19.9. The zero-order chi connectivity index (χ0) is 25.8. The lowest BCUT2D eigenvalue weighted by molar-refractivity contribution is -0.300. The molecule has 0 amide bonds. The number of benzene rings is 2. The number of aryl methyl sites for hydroxylation is 2. The van der Waals surface area contributed by atoms with Crippen LogP contribution in [0, 0.1) is 0 Å². The summed E-state index contributed by atoms with van der Waals surface area (Å²) in [6.07, 6.45) is 1.80. The van der Waals surface area contributed by atoms with E-state index in [0.717, 1.165) is 24.5 Å². The van der Waals surface area contributed by atoms with Crippen LogP contribution in [0.25, 0.3) is 0 Å². The first kappa shape index (κ1) is 27.4. The molecule has 4 unspecified atom stereocenters. The van der Waals surface area contributed by atoms with E-state index in [1.54, 1.807) is 0 Å². The molecule has 1 N–H and O–H groups in total. The number of ether oxygens (including phenoxy) is 5. The monoisotopic (exact) mass is 498 g/mol. The Balaban J connectivity index is 1.69. The topological polar surface area (TPSA) is 101 Å². The van der Waals surface area contributed by atoms with E-state index >= 15 is 0 Å². The minimum atomic E-state index is -0.968. The van der Waals surface area contributed by atoms with Gasteiger partial charge in [-0.25, -0.2) is 9.59 Å². The first-order valence-electron chi connectivity index (χ1n) is 12.1. The fraction of sp³-hybridized carbons (Fsp3) is 0.429. The smallest absolute Gasteiger partial charge is 0.373 e. The SMILES string of the molecule is COC(=O)/C=C(/OC(CCc1ccccc1)CC1OC(O)CC(CCc2ccccc2)O1)C(=O)OC. The van der Waals surface area contributed by atoms with Crippen LogP contribution in [-0.2, 0) is 46.1 Å². The molecule has 4 atom stereocenters. The summed E-state index contributed by atoms with van der Waals surface area (Å²) in [5.41, 5.74) is 2.28. The summed E-state index contributed by atoms with van der Waals surface area (Å²) in [5.74, 6) is -1.80. The average molecular weight is 499 g/mol. The summed E-state index contributed by atoms with van der Waals surface area (Å²) < 4.78 is 27.2. The molecule has 1 fully saturated rings. The predicted molar refractivity (Wildman–Crippen MR) is 132 cm³/mol.